The average molecular weight is 415 g/mol. The minimum absolute atomic E-state index is 0.131. The van der Waals surface area contributed by atoms with Crippen molar-refractivity contribution in [1.29, 1.82) is 0 Å². The van der Waals surface area contributed by atoms with Gasteiger partial charge in [-0.25, -0.2) is 0 Å². The fourth-order valence-electron chi connectivity index (χ4n) is 6.91. The molecule has 0 bridgehead atoms. The number of hydrogen-bond acceptors (Lipinski definition) is 2. The highest BCUT2D eigenvalue weighted by Crippen LogP contribution is 2.60. The Labute approximate surface area is 185 Å². The SMILES string of the molecule is C=C1/C(=C\C=C2/CCC[C@]3(C)[C@@H]([C@@H](C)CCCC(C)C)CC[C@@H]23)C[C@H](O)C(C)[C@@H]1O. The van der Waals surface area contributed by atoms with Gasteiger partial charge in [0.1, 0.15) is 0 Å². The first kappa shape index (κ1) is 23.8. The van der Waals surface area contributed by atoms with E-state index in [2.05, 4.69) is 46.4 Å². The molecular formula is C28H46O2. The maximum Gasteiger partial charge on any atom is 0.0837 e. The molecule has 30 heavy (non-hydrogen) atoms. The molecule has 0 saturated heterocycles. The second-order valence-corrected chi connectivity index (χ2v) is 11.4. The van der Waals surface area contributed by atoms with Crippen molar-refractivity contribution in [3.05, 3.63) is 35.5 Å². The summed E-state index contributed by atoms with van der Waals surface area (Å²) in [7, 11) is 0. The molecule has 3 aliphatic carbocycles. The molecule has 7 atom stereocenters. The molecule has 2 nitrogen and oxygen atoms in total. The van der Waals surface area contributed by atoms with E-state index < -0.39 is 12.2 Å². The maximum atomic E-state index is 10.4. The molecule has 0 amide bonds. The van der Waals surface area contributed by atoms with E-state index >= 15 is 0 Å². The smallest absolute Gasteiger partial charge is 0.0837 e. The van der Waals surface area contributed by atoms with Crippen LogP contribution in [0.2, 0.25) is 0 Å². The Morgan fingerprint density at radius 1 is 1.13 bits per heavy atom. The van der Waals surface area contributed by atoms with Crippen molar-refractivity contribution in [2.24, 2.45) is 35.0 Å². The number of fused-ring (bicyclic) bond motifs is 1. The Kier molecular flexibility index (Phi) is 7.72. The molecule has 0 heterocycles. The van der Waals surface area contributed by atoms with Crippen molar-refractivity contribution in [1.82, 2.24) is 0 Å². The quantitative estimate of drug-likeness (QED) is 0.500. The predicted octanol–water partition coefficient (Wildman–Crippen LogP) is 6.84. The lowest BCUT2D eigenvalue weighted by atomic mass is 9.60. The van der Waals surface area contributed by atoms with E-state index in [0.717, 1.165) is 28.9 Å². The van der Waals surface area contributed by atoms with Gasteiger partial charge in [-0.1, -0.05) is 78.2 Å². The molecule has 0 aliphatic heterocycles. The molecule has 170 valence electrons. The lowest BCUT2D eigenvalue weighted by Crippen LogP contribution is -2.36. The number of allylic oxidation sites excluding steroid dienone is 3. The zero-order valence-corrected chi connectivity index (χ0v) is 20.2. The normalized spacial score (nSPS) is 40.9. The highest BCUT2D eigenvalue weighted by molar-refractivity contribution is 5.39. The summed E-state index contributed by atoms with van der Waals surface area (Å²) in [5.41, 5.74) is 3.87. The summed E-state index contributed by atoms with van der Waals surface area (Å²) in [6.45, 7) is 15.8. The van der Waals surface area contributed by atoms with Gasteiger partial charge in [0.25, 0.3) is 0 Å². The van der Waals surface area contributed by atoms with Crippen molar-refractivity contribution in [2.75, 3.05) is 0 Å². The van der Waals surface area contributed by atoms with Gasteiger partial charge in [0.15, 0.2) is 0 Å². The summed E-state index contributed by atoms with van der Waals surface area (Å²) >= 11 is 0. The van der Waals surface area contributed by atoms with Gasteiger partial charge in [0.05, 0.1) is 12.2 Å². The molecule has 0 aromatic heterocycles. The Morgan fingerprint density at radius 3 is 2.57 bits per heavy atom. The first-order valence-electron chi connectivity index (χ1n) is 12.6. The van der Waals surface area contributed by atoms with Gasteiger partial charge in [-0.15, -0.1) is 0 Å². The zero-order valence-electron chi connectivity index (χ0n) is 20.2. The van der Waals surface area contributed by atoms with Crippen molar-refractivity contribution in [3.8, 4) is 0 Å². The van der Waals surface area contributed by atoms with Gasteiger partial charge in [0, 0.05) is 5.92 Å². The van der Waals surface area contributed by atoms with Crippen molar-refractivity contribution >= 4 is 0 Å². The van der Waals surface area contributed by atoms with Crippen LogP contribution < -0.4 is 0 Å². The van der Waals surface area contributed by atoms with Gasteiger partial charge in [-0.3, -0.25) is 0 Å². The van der Waals surface area contributed by atoms with Crippen LogP contribution in [-0.4, -0.2) is 22.4 Å². The molecule has 0 aromatic rings. The van der Waals surface area contributed by atoms with Crippen molar-refractivity contribution in [2.45, 2.75) is 105 Å². The van der Waals surface area contributed by atoms with Crippen LogP contribution in [0.25, 0.3) is 0 Å². The van der Waals surface area contributed by atoms with Crippen LogP contribution in [0.15, 0.2) is 35.5 Å². The Hall–Kier alpha value is -0.860. The van der Waals surface area contributed by atoms with Crippen molar-refractivity contribution < 1.29 is 10.2 Å². The predicted molar refractivity (Wildman–Crippen MR) is 127 cm³/mol. The van der Waals surface area contributed by atoms with Gasteiger partial charge in [-0.05, 0) is 78.8 Å². The van der Waals surface area contributed by atoms with E-state index in [-0.39, 0.29) is 5.92 Å². The molecular weight excluding hydrogens is 368 g/mol. The van der Waals surface area contributed by atoms with Crippen LogP contribution in [0, 0.1) is 35.0 Å². The van der Waals surface area contributed by atoms with E-state index in [1.54, 1.807) is 5.57 Å². The van der Waals surface area contributed by atoms with E-state index in [1.165, 1.54) is 51.4 Å². The van der Waals surface area contributed by atoms with Gasteiger partial charge in [0.2, 0.25) is 0 Å². The summed E-state index contributed by atoms with van der Waals surface area (Å²) in [6.07, 6.45) is 14.7. The van der Waals surface area contributed by atoms with Crippen LogP contribution in [0.5, 0.6) is 0 Å². The molecule has 0 aromatic carbocycles. The largest absolute Gasteiger partial charge is 0.392 e. The fourth-order valence-corrected chi connectivity index (χ4v) is 6.91. The topological polar surface area (TPSA) is 40.5 Å². The summed E-state index contributed by atoms with van der Waals surface area (Å²) < 4.78 is 0. The van der Waals surface area contributed by atoms with E-state index in [1.807, 2.05) is 6.92 Å². The van der Waals surface area contributed by atoms with E-state index in [9.17, 15) is 10.2 Å². The highest BCUT2D eigenvalue weighted by Gasteiger charge is 2.50. The molecule has 3 saturated carbocycles. The molecule has 0 radical (unpaired) electrons. The molecule has 2 N–H and O–H groups in total. The van der Waals surface area contributed by atoms with Gasteiger partial charge >= 0.3 is 0 Å². The van der Waals surface area contributed by atoms with Crippen LogP contribution in [-0.2, 0) is 0 Å². The van der Waals surface area contributed by atoms with E-state index in [0.29, 0.717) is 17.8 Å². The third-order valence-electron chi connectivity index (χ3n) is 8.97. The fraction of sp³-hybridized carbons (Fsp3) is 0.786. The third kappa shape index (κ3) is 4.80. The molecule has 3 fully saturated rings. The molecule has 1 unspecified atom stereocenters. The minimum atomic E-state index is -0.627. The lowest BCUT2D eigenvalue weighted by molar-refractivity contribution is 0.0283. The zero-order chi connectivity index (χ0) is 22.1. The van der Waals surface area contributed by atoms with Crippen molar-refractivity contribution in [3.63, 3.8) is 0 Å². The van der Waals surface area contributed by atoms with Gasteiger partial charge in [-0.2, -0.15) is 0 Å². The molecule has 3 rings (SSSR count). The first-order valence-corrected chi connectivity index (χ1v) is 12.6. The number of aliphatic hydroxyl groups is 2. The van der Waals surface area contributed by atoms with Crippen LogP contribution in [0.1, 0.15) is 92.4 Å². The van der Waals surface area contributed by atoms with Gasteiger partial charge < -0.3 is 10.2 Å². The van der Waals surface area contributed by atoms with E-state index in [4.69, 9.17) is 0 Å². The number of rotatable bonds is 6. The Morgan fingerprint density at radius 2 is 1.87 bits per heavy atom. The summed E-state index contributed by atoms with van der Waals surface area (Å²) in [5.74, 6) is 3.05. The second kappa shape index (κ2) is 9.74. The molecule has 2 heteroatoms. The van der Waals surface area contributed by atoms with Crippen LogP contribution >= 0.6 is 0 Å². The minimum Gasteiger partial charge on any atom is -0.392 e. The molecule has 3 aliphatic rings. The summed E-state index contributed by atoms with van der Waals surface area (Å²) in [4.78, 5) is 0. The number of aliphatic hydroxyl groups excluding tert-OH is 2. The Bertz CT molecular complexity index is 672. The van der Waals surface area contributed by atoms with Crippen LogP contribution in [0.3, 0.4) is 0 Å². The highest BCUT2D eigenvalue weighted by atomic mass is 16.3. The average Bonchev–Trinajstić information content (AvgIpc) is 3.05. The Balaban J connectivity index is 1.72. The monoisotopic (exact) mass is 414 g/mol. The lowest BCUT2D eigenvalue weighted by Gasteiger charge is -2.44. The standard InChI is InChI=1S/C28H46O2/c1-18(2)9-7-10-19(3)24-14-15-25-22(11-8-16-28(24,25)6)12-13-23-17-26(29)21(5)27(30)20(23)4/h12-13,18-19,21,24-27,29-30H,4,7-11,14-17H2,1-3,5-6H3/b22-12+,23-13-/t19-,21?,24+,25-,26-,27+,28+/m0/s1. The van der Waals surface area contributed by atoms with Crippen LogP contribution in [0.4, 0.5) is 0 Å². The maximum absolute atomic E-state index is 10.4. The molecule has 0 spiro atoms. The number of hydrogen-bond donors (Lipinski definition) is 2. The summed E-state index contributed by atoms with van der Waals surface area (Å²) in [6, 6.07) is 0. The third-order valence-corrected chi connectivity index (χ3v) is 8.97. The second-order valence-electron chi connectivity index (χ2n) is 11.4. The first-order chi connectivity index (χ1) is 14.1. The summed E-state index contributed by atoms with van der Waals surface area (Å²) in [5, 5.41) is 20.7.